The summed E-state index contributed by atoms with van der Waals surface area (Å²) in [7, 11) is 0. The molecule has 5 heteroatoms. The van der Waals surface area contributed by atoms with Crippen molar-refractivity contribution in [3.05, 3.63) is 24.3 Å². The van der Waals surface area contributed by atoms with Crippen molar-refractivity contribution in [1.82, 2.24) is 0 Å². The summed E-state index contributed by atoms with van der Waals surface area (Å²) >= 11 is 3.98. The van der Waals surface area contributed by atoms with Crippen LogP contribution in [0.15, 0.2) is 24.3 Å². The quantitative estimate of drug-likeness (QED) is 0.737. The van der Waals surface area contributed by atoms with Gasteiger partial charge in [-0.3, -0.25) is 9.59 Å². The zero-order valence-corrected chi connectivity index (χ0v) is 16.6. The van der Waals surface area contributed by atoms with Crippen molar-refractivity contribution in [2.24, 2.45) is 17.3 Å². The monoisotopic (exact) mass is 416 g/mol. The van der Waals surface area contributed by atoms with Crippen molar-refractivity contribution in [2.45, 2.75) is 55.7 Å². The van der Waals surface area contributed by atoms with Gasteiger partial charge in [-0.15, -0.1) is 0 Å². The van der Waals surface area contributed by atoms with Crippen LogP contribution in [0.4, 0.5) is 11.4 Å². The normalized spacial score (nSPS) is 38.0. The molecule has 2 atom stereocenters. The van der Waals surface area contributed by atoms with E-state index in [1.165, 1.54) is 19.3 Å². The van der Waals surface area contributed by atoms with Gasteiger partial charge in [0.25, 0.3) is 0 Å². The molecule has 1 saturated heterocycles. The van der Waals surface area contributed by atoms with Crippen molar-refractivity contribution in [3.8, 4) is 0 Å². The van der Waals surface area contributed by atoms with E-state index in [9.17, 15) is 9.59 Å². The smallest absolute Gasteiger partial charge is 0.230 e. The standard InChI is InChI=1S/C21H25BrN2O2/c22-21-11-14-8-15(12-21)10-20(9-14,13-21)19(26)23-16-3-5-17(6-4-16)24-7-1-2-18(24)25/h3-6,14-15H,1-2,7-13H2,(H,23,26). The molecule has 4 saturated carbocycles. The highest BCUT2D eigenvalue weighted by molar-refractivity contribution is 9.10. The van der Waals surface area contributed by atoms with Crippen LogP contribution in [0.3, 0.4) is 0 Å². The lowest BCUT2D eigenvalue weighted by Crippen LogP contribution is -2.57. The Morgan fingerprint density at radius 3 is 2.38 bits per heavy atom. The van der Waals surface area contributed by atoms with Crippen LogP contribution in [0.5, 0.6) is 0 Å². The van der Waals surface area contributed by atoms with Crippen LogP contribution < -0.4 is 10.2 Å². The van der Waals surface area contributed by atoms with Crippen LogP contribution in [0, 0.1) is 17.3 Å². The third kappa shape index (κ3) is 2.70. The second-order valence-corrected chi connectivity index (χ2v) is 10.7. The van der Waals surface area contributed by atoms with Crippen molar-refractivity contribution in [1.29, 1.82) is 0 Å². The highest BCUT2D eigenvalue weighted by Crippen LogP contribution is 2.64. The van der Waals surface area contributed by atoms with E-state index >= 15 is 0 Å². The Hall–Kier alpha value is -1.36. The van der Waals surface area contributed by atoms with E-state index < -0.39 is 0 Å². The Balaban J connectivity index is 1.32. The average Bonchev–Trinajstić information content (AvgIpc) is 2.99. The Kier molecular flexibility index (Phi) is 3.76. The molecule has 26 heavy (non-hydrogen) atoms. The van der Waals surface area contributed by atoms with Crippen molar-refractivity contribution < 1.29 is 9.59 Å². The van der Waals surface area contributed by atoms with Crippen LogP contribution in [0.25, 0.3) is 0 Å². The van der Waals surface area contributed by atoms with E-state index in [2.05, 4.69) is 21.2 Å². The van der Waals surface area contributed by atoms with E-state index in [4.69, 9.17) is 0 Å². The van der Waals surface area contributed by atoms with E-state index in [1.807, 2.05) is 29.2 Å². The molecule has 5 aliphatic rings. The van der Waals surface area contributed by atoms with Gasteiger partial charge < -0.3 is 10.2 Å². The number of rotatable bonds is 3. The summed E-state index contributed by atoms with van der Waals surface area (Å²) in [5, 5.41) is 3.18. The molecule has 1 aliphatic heterocycles. The first-order chi connectivity index (χ1) is 12.4. The third-order valence-electron chi connectivity index (χ3n) is 6.98. The molecule has 1 N–H and O–H groups in total. The van der Waals surface area contributed by atoms with E-state index in [0.717, 1.165) is 43.6 Å². The molecule has 5 fully saturated rings. The first-order valence-corrected chi connectivity index (χ1v) is 10.6. The summed E-state index contributed by atoms with van der Waals surface area (Å²) in [6.45, 7) is 0.795. The minimum absolute atomic E-state index is 0.189. The molecule has 0 spiro atoms. The van der Waals surface area contributed by atoms with Gasteiger partial charge in [0, 0.05) is 28.7 Å². The lowest BCUT2D eigenvalue weighted by molar-refractivity contribution is -0.138. The van der Waals surface area contributed by atoms with Crippen molar-refractivity contribution >= 4 is 39.1 Å². The number of nitrogens with one attached hydrogen (secondary N) is 1. The molecule has 4 bridgehead atoms. The number of carbonyl (C=O) groups excluding carboxylic acids is 2. The molecule has 0 aromatic heterocycles. The summed E-state index contributed by atoms with van der Waals surface area (Å²) in [6, 6.07) is 7.77. The lowest BCUT2D eigenvalue weighted by atomic mass is 9.49. The zero-order valence-electron chi connectivity index (χ0n) is 15.0. The fraction of sp³-hybridized carbons (Fsp3) is 0.619. The number of benzene rings is 1. The number of halogens is 1. The number of nitrogens with zero attached hydrogens (tertiary/aromatic N) is 1. The second-order valence-electron chi connectivity index (χ2n) is 9.04. The van der Waals surface area contributed by atoms with Gasteiger partial charge in [0.2, 0.25) is 11.8 Å². The molecule has 2 unspecified atom stereocenters. The van der Waals surface area contributed by atoms with Gasteiger partial charge >= 0.3 is 0 Å². The van der Waals surface area contributed by atoms with Crippen molar-refractivity contribution in [2.75, 3.05) is 16.8 Å². The molecule has 2 amide bonds. The molecule has 4 aliphatic carbocycles. The predicted octanol–water partition coefficient (Wildman–Crippen LogP) is 4.49. The largest absolute Gasteiger partial charge is 0.326 e. The number of anilines is 2. The van der Waals surface area contributed by atoms with Gasteiger partial charge in [-0.2, -0.15) is 0 Å². The van der Waals surface area contributed by atoms with E-state index in [1.54, 1.807) is 0 Å². The third-order valence-corrected chi connectivity index (χ3v) is 7.91. The van der Waals surface area contributed by atoms with Gasteiger partial charge in [0.05, 0.1) is 5.41 Å². The van der Waals surface area contributed by atoms with E-state index in [-0.39, 0.29) is 21.6 Å². The average molecular weight is 417 g/mol. The minimum atomic E-state index is -0.197. The zero-order chi connectivity index (χ0) is 17.9. The van der Waals surface area contributed by atoms with Crippen LogP contribution in [-0.2, 0) is 9.59 Å². The molecule has 138 valence electrons. The predicted molar refractivity (Wildman–Crippen MR) is 105 cm³/mol. The second kappa shape index (κ2) is 5.82. The van der Waals surface area contributed by atoms with Gasteiger partial charge in [-0.05, 0) is 81.0 Å². The Morgan fingerprint density at radius 2 is 1.81 bits per heavy atom. The maximum absolute atomic E-state index is 13.2. The maximum atomic E-state index is 13.2. The molecule has 1 aromatic rings. The summed E-state index contributed by atoms with van der Waals surface area (Å²) in [6.07, 6.45) is 8.40. The first-order valence-electron chi connectivity index (χ1n) is 9.86. The van der Waals surface area contributed by atoms with Gasteiger partial charge in [-0.1, -0.05) is 15.9 Å². The Bertz CT molecular complexity index is 746. The highest BCUT2D eigenvalue weighted by atomic mass is 79.9. The highest BCUT2D eigenvalue weighted by Gasteiger charge is 2.59. The Labute approximate surface area is 162 Å². The fourth-order valence-corrected chi connectivity index (χ4v) is 7.78. The summed E-state index contributed by atoms with van der Waals surface area (Å²) in [5.41, 5.74) is 1.57. The molecular formula is C21H25BrN2O2. The van der Waals surface area contributed by atoms with Crippen molar-refractivity contribution in [3.63, 3.8) is 0 Å². The minimum Gasteiger partial charge on any atom is -0.326 e. The number of alkyl halides is 1. The summed E-state index contributed by atoms with van der Waals surface area (Å²) in [4.78, 5) is 26.9. The maximum Gasteiger partial charge on any atom is 0.230 e. The van der Waals surface area contributed by atoms with Gasteiger partial charge in [0.1, 0.15) is 0 Å². The number of carbonyl (C=O) groups is 2. The number of hydrogen-bond acceptors (Lipinski definition) is 2. The van der Waals surface area contributed by atoms with Gasteiger partial charge in [0.15, 0.2) is 0 Å². The van der Waals surface area contributed by atoms with Crippen LogP contribution in [-0.4, -0.2) is 22.7 Å². The number of hydrogen-bond donors (Lipinski definition) is 1. The van der Waals surface area contributed by atoms with Crippen LogP contribution in [0.1, 0.15) is 51.4 Å². The Morgan fingerprint density at radius 1 is 1.12 bits per heavy atom. The van der Waals surface area contributed by atoms with E-state index in [0.29, 0.717) is 18.3 Å². The molecular weight excluding hydrogens is 392 g/mol. The van der Waals surface area contributed by atoms with Gasteiger partial charge in [-0.25, -0.2) is 0 Å². The van der Waals surface area contributed by atoms with Crippen LogP contribution >= 0.6 is 15.9 Å². The molecule has 1 aromatic carbocycles. The lowest BCUT2D eigenvalue weighted by Gasteiger charge is -2.59. The SMILES string of the molecule is O=C1CCCN1c1ccc(NC(=O)C23CC4CC(CC(Br)(C4)C2)C3)cc1. The first kappa shape index (κ1) is 16.8. The molecule has 1 heterocycles. The molecule has 6 rings (SSSR count). The van der Waals surface area contributed by atoms with Crippen LogP contribution in [0.2, 0.25) is 0 Å². The molecule has 4 nitrogen and oxygen atoms in total. The summed E-state index contributed by atoms with van der Waals surface area (Å²) in [5.74, 6) is 1.79. The summed E-state index contributed by atoms with van der Waals surface area (Å²) < 4.78 is 0.189. The number of amides is 2. The fourth-order valence-electron chi connectivity index (χ4n) is 6.33. The topological polar surface area (TPSA) is 49.4 Å². The molecule has 0 radical (unpaired) electrons.